The minimum atomic E-state index is -0.623. The molecule has 0 radical (unpaired) electrons. The van der Waals surface area contributed by atoms with Crippen LogP contribution in [0.3, 0.4) is 0 Å². The summed E-state index contributed by atoms with van der Waals surface area (Å²) in [6.45, 7) is 6.04. The third-order valence-corrected chi connectivity index (χ3v) is 4.21. The monoisotopic (exact) mass is 348 g/mol. The standard InChI is InChI=1S/C17H24N4O4/c1-5-6-10(2)12-9-11(3)14(16(23)25-12)15(22)18-8-7-13-19-20-17(24)21(13)4/h9-10H,5-8H2,1-4H3,(H,18,22)(H,20,24). The van der Waals surface area contributed by atoms with E-state index in [9.17, 15) is 14.4 Å². The molecule has 8 heteroatoms. The van der Waals surface area contributed by atoms with Crippen LogP contribution in [0.15, 0.2) is 20.1 Å². The summed E-state index contributed by atoms with van der Waals surface area (Å²) in [7, 11) is 1.60. The van der Waals surface area contributed by atoms with Gasteiger partial charge in [0.1, 0.15) is 17.1 Å². The minimum Gasteiger partial charge on any atom is -0.427 e. The van der Waals surface area contributed by atoms with Gasteiger partial charge in [0.05, 0.1) is 0 Å². The van der Waals surface area contributed by atoms with Gasteiger partial charge in [-0.2, -0.15) is 5.10 Å². The van der Waals surface area contributed by atoms with Crippen LogP contribution in [0.4, 0.5) is 0 Å². The number of nitrogens with one attached hydrogen (secondary N) is 2. The molecular formula is C17H24N4O4. The minimum absolute atomic E-state index is 0.0170. The first-order valence-electron chi connectivity index (χ1n) is 8.38. The van der Waals surface area contributed by atoms with Crippen LogP contribution in [-0.4, -0.2) is 27.2 Å². The Morgan fingerprint density at radius 3 is 2.72 bits per heavy atom. The van der Waals surface area contributed by atoms with Gasteiger partial charge in [0, 0.05) is 25.9 Å². The quantitative estimate of drug-likeness (QED) is 0.782. The molecule has 0 aliphatic rings. The Kier molecular flexibility index (Phi) is 5.95. The lowest BCUT2D eigenvalue weighted by atomic mass is 10.0. The Labute approximate surface area is 145 Å². The number of H-pyrrole nitrogens is 1. The van der Waals surface area contributed by atoms with Crippen molar-refractivity contribution in [2.45, 2.75) is 46.0 Å². The summed E-state index contributed by atoms with van der Waals surface area (Å²) in [6.07, 6.45) is 2.27. The van der Waals surface area contributed by atoms with Crippen LogP contribution in [0.1, 0.15) is 60.1 Å². The van der Waals surface area contributed by atoms with Gasteiger partial charge in [-0.3, -0.25) is 9.36 Å². The number of aryl methyl sites for hydroxylation is 1. The van der Waals surface area contributed by atoms with Crippen molar-refractivity contribution in [2.75, 3.05) is 6.54 Å². The Balaban J connectivity index is 2.07. The summed E-state index contributed by atoms with van der Waals surface area (Å²) >= 11 is 0. The summed E-state index contributed by atoms with van der Waals surface area (Å²) < 4.78 is 6.70. The average Bonchev–Trinajstić information content (AvgIpc) is 2.86. The number of nitrogens with zero attached hydrogens (tertiary/aromatic N) is 2. The molecule has 2 aromatic rings. The Morgan fingerprint density at radius 2 is 2.16 bits per heavy atom. The summed E-state index contributed by atoms with van der Waals surface area (Å²) in [5.74, 6) is 0.779. The molecule has 0 fully saturated rings. The maximum absolute atomic E-state index is 12.3. The van der Waals surface area contributed by atoms with Gasteiger partial charge in [0.2, 0.25) is 0 Å². The van der Waals surface area contributed by atoms with Crippen molar-refractivity contribution in [3.63, 3.8) is 0 Å². The highest BCUT2D eigenvalue weighted by molar-refractivity contribution is 5.95. The fraction of sp³-hybridized carbons (Fsp3) is 0.529. The third-order valence-electron chi connectivity index (χ3n) is 4.21. The molecule has 2 heterocycles. The number of aromatic amines is 1. The molecule has 0 aromatic carbocycles. The molecule has 0 saturated carbocycles. The number of amides is 1. The van der Waals surface area contributed by atoms with E-state index in [0.29, 0.717) is 23.6 Å². The molecule has 0 bridgehead atoms. The summed E-state index contributed by atoms with van der Waals surface area (Å²) in [6, 6.07) is 1.76. The fourth-order valence-corrected chi connectivity index (χ4v) is 2.70. The molecule has 8 nitrogen and oxygen atoms in total. The smallest absolute Gasteiger partial charge is 0.349 e. The molecule has 1 unspecified atom stereocenters. The van der Waals surface area contributed by atoms with Crippen LogP contribution in [0.2, 0.25) is 0 Å². The second-order valence-corrected chi connectivity index (χ2v) is 6.19. The highest BCUT2D eigenvalue weighted by Crippen LogP contribution is 2.21. The van der Waals surface area contributed by atoms with E-state index in [-0.39, 0.29) is 23.7 Å². The van der Waals surface area contributed by atoms with Gasteiger partial charge < -0.3 is 9.73 Å². The molecule has 0 spiro atoms. The van der Waals surface area contributed by atoms with Crippen LogP contribution in [0.5, 0.6) is 0 Å². The van der Waals surface area contributed by atoms with Gasteiger partial charge in [-0.1, -0.05) is 20.3 Å². The van der Waals surface area contributed by atoms with Crippen LogP contribution in [0.25, 0.3) is 0 Å². The molecule has 1 atom stereocenters. The zero-order valence-corrected chi connectivity index (χ0v) is 15.0. The van der Waals surface area contributed by atoms with E-state index in [0.717, 1.165) is 12.8 Å². The molecule has 0 aliphatic carbocycles. The largest absolute Gasteiger partial charge is 0.427 e. The Bertz CT molecular complexity index is 862. The Hall–Kier alpha value is -2.64. The second-order valence-electron chi connectivity index (χ2n) is 6.19. The molecule has 0 saturated heterocycles. The molecule has 25 heavy (non-hydrogen) atoms. The first-order chi connectivity index (χ1) is 11.8. The van der Waals surface area contributed by atoms with E-state index in [1.54, 1.807) is 20.0 Å². The molecule has 2 aromatic heterocycles. The van der Waals surface area contributed by atoms with Crippen molar-refractivity contribution in [2.24, 2.45) is 7.05 Å². The molecule has 2 N–H and O–H groups in total. The van der Waals surface area contributed by atoms with Gasteiger partial charge in [-0.25, -0.2) is 14.7 Å². The fourth-order valence-electron chi connectivity index (χ4n) is 2.70. The molecular weight excluding hydrogens is 324 g/mol. The predicted octanol–water partition coefficient (Wildman–Crippen LogP) is 1.25. The number of hydrogen-bond acceptors (Lipinski definition) is 5. The first kappa shape index (κ1) is 18.7. The highest BCUT2D eigenvalue weighted by Gasteiger charge is 2.18. The van der Waals surface area contributed by atoms with Crippen molar-refractivity contribution in [3.05, 3.63) is 49.7 Å². The maximum Gasteiger partial charge on any atom is 0.349 e. The van der Waals surface area contributed by atoms with E-state index in [4.69, 9.17) is 4.42 Å². The van der Waals surface area contributed by atoms with Gasteiger partial charge in [0.15, 0.2) is 0 Å². The van der Waals surface area contributed by atoms with Crippen LogP contribution >= 0.6 is 0 Å². The Morgan fingerprint density at radius 1 is 1.44 bits per heavy atom. The predicted molar refractivity (Wildman–Crippen MR) is 92.9 cm³/mol. The first-order valence-corrected chi connectivity index (χ1v) is 8.38. The number of rotatable bonds is 7. The molecule has 0 aliphatic heterocycles. The second kappa shape index (κ2) is 7.96. The SMILES string of the molecule is CCCC(C)c1cc(C)c(C(=O)NCCc2n[nH]c(=O)n2C)c(=O)o1. The van der Waals surface area contributed by atoms with E-state index in [2.05, 4.69) is 22.4 Å². The number of carbonyl (C=O) groups excluding carboxylic acids is 1. The summed E-state index contributed by atoms with van der Waals surface area (Å²) in [4.78, 5) is 35.8. The van der Waals surface area contributed by atoms with Crippen LogP contribution < -0.4 is 16.6 Å². The van der Waals surface area contributed by atoms with Gasteiger partial charge >= 0.3 is 11.3 Å². The lowest BCUT2D eigenvalue weighted by Gasteiger charge is -2.11. The van der Waals surface area contributed by atoms with Crippen molar-refractivity contribution < 1.29 is 9.21 Å². The number of carbonyl (C=O) groups is 1. The lowest BCUT2D eigenvalue weighted by molar-refractivity contribution is 0.0948. The maximum atomic E-state index is 12.3. The topological polar surface area (TPSA) is 110 Å². The van der Waals surface area contributed by atoms with Gasteiger partial charge in [0.25, 0.3) is 5.91 Å². The number of hydrogen-bond donors (Lipinski definition) is 2. The van der Waals surface area contributed by atoms with Gasteiger partial charge in [-0.15, -0.1) is 0 Å². The van der Waals surface area contributed by atoms with Crippen LogP contribution in [-0.2, 0) is 13.5 Å². The average molecular weight is 348 g/mol. The lowest BCUT2D eigenvalue weighted by Crippen LogP contribution is -2.31. The zero-order valence-electron chi connectivity index (χ0n) is 15.0. The van der Waals surface area contributed by atoms with Crippen LogP contribution in [0, 0.1) is 6.92 Å². The van der Waals surface area contributed by atoms with E-state index >= 15 is 0 Å². The van der Waals surface area contributed by atoms with Crippen molar-refractivity contribution in [1.29, 1.82) is 0 Å². The molecule has 1 amide bonds. The van der Waals surface area contributed by atoms with E-state index in [1.165, 1.54) is 4.57 Å². The normalized spacial score (nSPS) is 12.2. The van der Waals surface area contributed by atoms with Gasteiger partial charge in [-0.05, 0) is 25.0 Å². The number of aromatic nitrogens is 3. The van der Waals surface area contributed by atoms with E-state index < -0.39 is 11.5 Å². The zero-order chi connectivity index (χ0) is 18.6. The molecule has 2 rings (SSSR count). The van der Waals surface area contributed by atoms with Crippen molar-refractivity contribution >= 4 is 5.91 Å². The van der Waals surface area contributed by atoms with Crippen molar-refractivity contribution in [3.8, 4) is 0 Å². The van der Waals surface area contributed by atoms with E-state index in [1.807, 2.05) is 6.92 Å². The van der Waals surface area contributed by atoms with Crippen molar-refractivity contribution in [1.82, 2.24) is 20.1 Å². The molecule has 136 valence electrons. The summed E-state index contributed by atoms with van der Waals surface area (Å²) in [5, 5.41) is 8.87. The highest BCUT2D eigenvalue weighted by atomic mass is 16.4. The summed E-state index contributed by atoms with van der Waals surface area (Å²) in [5.41, 5.74) is -0.320. The third kappa shape index (κ3) is 4.26.